The molecule has 30 heavy (non-hydrogen) atoms. The predicted molar refractivity (Wildman–Crippen MR) is 112 cm³/mol. The fraction of sp³-hybridized carbons (Fsp3) is 0.450. The topological polar surface area (TPSA) is 59.9 Å². The van der Waals surface area contributed by atoms with Crippen molar-refractivity contribution in [1.29, 1.82) is 0 Å². The van der Waals surface area contributed by atoms with Crippen LogP contribution < -0.4 is 5.32 Å². The van der Waals surface area contributed by atoms with Crippen molar-refractivity contribution in [2.75, 3.05) is 5.32 Å². The number of pyridine rings is 1. The quantitative estimate of drug-likeness (QED) is 0.466. The van der Waals surface area contributed by atoms with Crippen LogP contribution in [0.3, 0.4) is 0 Å². The summed E-state index contributed by atoms with van der Waals surface area (Å²) in [5, 5.41) is 6.78. The zero-order chi connectivity index (χ0) is 21.4. The number of ether oxygens (including phenoxy) is 1. The van der Waals surface area contributed by atoms with E-state index in [0.717, 1.165) is 21.3 Å². The smallest absolute Gasteiger partial charge is 0.361 e. The highest BCUT2D eigenvalue weighted by Crippen LogP contribution is 2.46. The van der Waals surface area contributed by atoms with Crippen LogP contribution in [0.15, 0.2) is 23.7 Å². The lowest BCUT2D eigenvalue weighted by molar-refractivity contribution is -0.279. The first-order chi connectivity index (χ1) is 14.3. The van der Waals surface area contributed by atoms with Gasteiger partial charge in [0.2, 0.25) is 0 Å². The molecule has 1 saturated carbocycles. The largest absolute Gasteiger partial charge is 0.417 e. The van der Waals surface area contributed by atoms with Crippen molar-refractivity contribution in [2.24, 2.45) is 0 Å². The number of thiazole rings is 2. The minimum Gasteiger partial charge on any atom is -0.361 e. The minimum absolute atomic E-state index is 0.0225. The van der Waals surface area contributed by atoms with Crippen molar-refractivity contribution in [1.82, 2.24) is 15.0 Å². The van der Waals surface area contributed by atoms with Crippen LogP contribution in [0.1, 0.15) is 41.9 Å². The minimum atomic E-state index is -4.35. The molecule has 4 rings (SSSR count). The van der Waals surface area contributed by atoms with E-state index in [-0.39, 0.29) is 19.4 Å². The molecule has 0 unspecified atom stereocenters. The third-order valence-electron chi connectivity index (χ3n) is 5.14. The fourth-order valence-electron chi connectivity index (χ4n) is 3.58. The van der Waals surface area contributed by atoms with Gasteiger partial charge >= 0.3 is 6.18 Å². The second-order valence-corrected chi connectivity index (χ2v) is 9.41. The predicted octanol–water partition coefficient (Wildman–Crippen LogP) is 6.41. The molecule has 0 aromatic carbocycles. The molecule has 1 aliphatic carbocycles. The van der Waals surface area contributed by atoms with Gasteiger partial charge in [0.05, 0.1) is 27.9 Å². The summed E-state index contributed by atoms with van der Waals surface area (Å²) in [4.78, 5) is 14.3. The highest BCUT2D eigenvalue weighted by molar-refractivity contribution is 7.16. The van der Waals surface area contributed by atoms with E-state index in [1.165, 1.54) is 17.5 Å². The summed E-state index contributed by atoms with van der Waals surface area (Å²) in [6.45, 7) is 3.81. The normalized spacial score (nSPS) is 16.2. The van der Waals surface area contributed by atoms with Gasteiger partial charge in [0, 0.05) is 11.6 Å². The summed E-state index contributed by atoms with van der Waals surface area (Å²) in [7, 11) is 0. The van der Waals surface area contributed by atoms with Crippen LogP contribution in [0, 0.1) is 13.8 Å². The summed E-state index contributed by atoms with van der Waals surface area (Å²) in [6, 6.07) is 3.44. The molecular weight excluding hydrogens is 433 g/mol. The Morgan fingerprint density at radius 2 is 1.93 bits per heavy atom. The van der Waals surface area contributed by atoms with Gasteiger partial charge in [0.15, 0.2) is 10.7 Å². The van der Waals surface area contributed by atoms with Crippen molar-refractivity contribution < 1.29 is 17.9 Å². The molecule has 0 aliphatic heterocycles. The lowest BCUT2D eigenvalue weighted by atomic mass is 10.0. The number of nitrogens with zero attached hydrogens (tertiary/aromatic N) is 3. The molecule has 160 valence electrons. The van der Waals surface area contributed by atoms with Gasteiger partial charge < -0.3 is 10.1 Å². The molecule has 0 bridgehead atoms. The SMILES string of the molecule is Cc1nc(C)c(-c2csc(Nc3ccc(COC4(C(F)(F)F)CCCC4)cn3)n2)s1. The Hall–Kier alpha value is -2.04. The van der Waals surface area contributed by atoms with Gasteiger partial charge in [-0.15, -0.1) is 22.7 Å². The van der Waals surface area contributed by atoms with E-state index in [9.17, 15) is 13.2 Å². The number of aromatic nitrogens is 3. The molecule has 1 N–H and O–H groups in total. The second-order valence-electron chi connectivity index (χ2n) is 7.35. The lowest BCUT2D eigenvalue weighted by Gasteiger charge is -2.31. The van der Waals surface area contributed by atoms with Crippen LogP contribution in [0.25, 0.3) is 10.6 Å². The molecule has 1 aliphatic rings. The van der Waals surface area contributed by atoms with Crippen LogP contribution in [-0.2, 0) is 11.3 Å². The molecule has 3 aromatic rings. The van der Waals surface area contributed by atoms with Gasteiger partial charge in [-0.05, 0) is 38.3 Å². The zero-order valence-electron chi connectivity index (χ0n) is 16.5. The first kappa shape index (κ1) is 21.2. The Bertz CT molecular complexity index is 1010. The molecule has 0 atom stereocenters. The summed E-state index contributed by atoms with van der Waals surface area (Å²) in [6.07, 6.45) is -1.69. The maximum atomic E-state index is 13.4. The summed E-state index contributed by atoms with van der Waals surface area (Å²) >= 11 is 3.06. The Morgan fingerprint density at radius 3 is 2.53 bits per heavy atom. The fourth-order valence-corrected chi connectivity index (χ4v) is 5.24. The number of hydrogen-bond acceptors (Lipinski definition) is 7. The Morgan fingerprint density at radius 1 is 1.17 bits per heavy atom. The molecular formula is C20H21F3N4OS2. The van der Waals surface area contributed by atoms with Crippen molar-refractivity contribution in [3.05, 3.63) is 40.0 Å². The van der Waals surface area contributed by atoms with Crippen LogP contribution in [0.4, 0.5) is 24.1 Å². The van der Waals surface area contributed by atoms with E-state index < -0.39 is 11.8 Å². The number of rotatable bonds is 6. The highest BCUT2D eigenvalue weighted by atomic mass is 32.1. The molecule has 0 amide bonds. The zero-order valence-corrected chi connectivity index (χ0v) is 18.2. The monoisotopic (exact) mass is 454 g/mol. The Balaban J connectivity index is 1.39. The lowest BCUT2D eigenvalue weighted by Crippen LogP contribution is -2.45. The summed E-state index contributed by atoms with van der Waals surface area (Å²) in [5.41, 5.74) is 0.404. The van der Waals surface area contributed by atoms with Crippen LogP contribution >= 0.6 is 22.7 Å². The molecule has 0 saturated heterocycles. The van der Waals surface area contributed by atoms with Gasteiger partial charge in [-0.3, -0.25) is 0 Å². The van der Waals surface area contributed by atoms with Crippen molar-refractivity contribution in [3.8, 4) is 10.6 Å². The Kier molecular flexibility index (Phi) is 5.82. The number of nitrogens with one attached hydrogen (secondary N) is 1. The third-order valence-corrected chi connectivity index (χ3v) is 7.00. The number of halogens is 3. The number of hydrogen-bond donors (Lipinski definition) is 1. The van der Waals surface area contributed by atoms with Crippen molar-refractivity contribution in [3.63, 3.8) is 0 Å². The molecule has 3 heterocycles. The van der Waals surface area contributed by atoms with Gasteiger partial charge in [-0.25, -0.2) is 15.0 Å². The molecule has 0 spiro atoms. The number of aryl methyl sites for hydroxylation is 2. The first-order valence-corrected chi connectivity index (χ1v) is 11.3. The number of alkyl halides is 3. The molecule has 1 fully saturated rings. The van der Waals surface area contributed by atoms with Crippen LogP contribution in [0.5, 0.6) is 0 Å². The Labute approximate surface area is 180 Å². The van der Waals surface area contributed by atoms with E-state index in [2.05, 4.69) is 20.3 Å². The van der Waals surface area contributed by atoms with E-state index in [0.29, 0.717) is 29.4 Å². The summed E-state index contributed by atoms with van der Waals surface area (Å²) in [5.74, 6) is 0.572. The van der Waals surface area contributed by atoms with Crippen LogP contribution in [-0.4, -0.2) is 26.7 Å². The van der Waals surface area contributed by atoms with Gasteiger partial charge in [-0.1, -0.05) is 18.9 Å². The maximum Gasteiger partial charge on any atom is 0.417 e. The molecule has 0 radical (unpaired) electrons. The average Bonchev–Trinajstić information content (AvgIpc) is 3.41. The first-order valence-electron chi connectivity index (χ1n) is 9.58. The van der Waals surface area contributed by atoms with E-state index in [1.54, 1.807) is 23.5 Å². The standard InChI is InChI=1S/C20H21F3N4OS2/c1-12-17(30-13(2)25-12)15-11-29-18(26-15)27-16-6-5-14(9-24-16)10-28-19(20(21,22)23)7-3-4-8-19/h5-6,9,11H,3-4,7-8,10H2,1-2H3,(H,24,26,27). The second kappa shape index (κ2) is 8.24. The maximum absolute atomic E-state index is 13.4. The highest BCUT2D eigenvalue weighted by Gasteiger charge is 2.57. The van der Waals surface area contributed by atoms with Crippen molar-refractivity contribution >= 4 is 33.6 Å². The molecule has 3 aromatic heterocycles. The van der Waals surface area contributed by atoms with Crippen LogP contribution in [0.2, 0.25) is 0 Å². The van der Waals surface area contributed by atoms with E-state index in [1.807, 2.05) is 19.2 Å². The average molecular weight is 455 g/mol. The van der Waals surface area contributed by atoms with Gasteiger partial charge in [0.25, 0.3) is 0 Å². The molecule has 10 heteroatoms. The number of anilines is 2. The van der Waals surface area contributed by atoms with E-state index in [4.69, 9.17) is 4.74 Å². The molecule has 5 nitrogen and oxygen atoms in total. The summed E-state index contributed by atoms with van der Waals surface area (Å²) < 4.78 is 45.6. The van der Waals surface area contributed by atoms with Gasteiger partial charge in [0.1, 0.15) is 5.82 Å². The van der Waals surface area contributed by atoms with Crippen molar-refractivity contribution in [2.45, 2.75) is 57.9 Å². The third kappa shape index (κ3) is 4.35. The van der Waals surface area contributed by atoms with E-state index >= 15 is 0 Å². The van der Waals surface area contributed by atoms with Gasteiger partial charge in [-0.2, -0.15) is 13.2 Å².